The van der Waals surface area contributed by atoms with E-state index in [1.807, 2.05) is 38.1 Å². The summed E-state index contributed by atoms with van der Waals surface area (Å²) in [5.41, 5.74) is 12.2. The van der Waals surface area contributed by atoms with Gasteiger partial charge in [-0.05, 0) is 41.3 Å². The lowest BCUT2D eigenvalue weighted by Gasteiger charge is -2.30. The van der Waals surface area contributed by atoms with E-state index in [0.29, 0.717) is 11.3 Å². The second-order valence-electron chi connectivity index (χ2n) is 5.44. The number of likely N-dealkylation sites (N-methyl/N-ethyl adjacent to an activating group) is 1. The third-order valence-electron chi connectivity index (χ3n) is 4.31. The molecule has 0 fully saturated rings. The molecular formula is C20H25N3. The molecule has 2 aromatic carbocycles. The van der Waals surface area contributed by atoms with E-state index in [9.17, 15) is 5.26 Å². The summed E-state index contributed by atoms with van der Waals surface area (Å²) in [6, 6.07) is 14.5. The molecule has 3 nitrogen and oxygen atoms in total. The number of nitrogens with zero attached hydrogens (tertiary/aromatic N) is 2. The van der Waals surface area contributed by atoms with E-state index >= 15 is 0 Å². The molecule has 0 spiro atoms. The Labute approximate surface area is 139 Å². The van der Waals surface area contributed by atoms with E-state index in [1.165, 1.54) is 5.56 Å². The van der Waals surface area contributed by atoms with E-state index < -0.39 is 0 Å². The first-order chi connectivity index (χ1) is 11.2. The van der Waals surface area contributed by atoms with Crippen molar-refractivity contribution in [2.24, 2.45) is 0 Å². The van der Waals surface area contributed by atoms with Gasteiger partial charge in [0, 0.05) is 13.1 Å². The average molecular weight is 307 g/mol. The number of anilines is 1. The maximum absolute atomic E-state index is 9.37. The molecule has 0 bridgehead atoms. The number of rotatable bonds is 2. The summed E-state index contributed by atoms with van der Waals surface area (Å²) in [6.07, 6.45) is 0.989. The summed E-state index contributed by atoms with van der Waals surface area (Å²) in [7, 11) is 0. The van der Waals surface area contributed by atoms with Crippen molar-refractivity contribution in [3.8, 4) is 17.2 Å². The fourth-order valence-electron chi connectivity index (χ4n) is 3.07. The number of hydrogen-bond acceptors (Lipinski definition) is 3. The van der Waals surface area contributed by atoms with Gasteiger partial charge in [0.25, 0.3) is 0 Å². The minimum atomic E-state index is 0.588. The zero-order valence-electron chi connectivity index (χ0n) is 14.3. The Balaban J connectivity index is 0.000000924. The Morgan fingerprint density at radius 1 is 1.17 bits per heavy atom. The molecule has 0 saturated heterocycles. The molecule has 1 aliphatic heterocycles. The first kappa shape index (κ1) is 17.1. The van der Waals surface area contributed by atoms with Crippen LogP contribution in [-0.4, -0.2) is 18.0 Å². The maximum Gasteiger partial charge on any atom is 0.101 e. The molecule has 0 saturated carbocycles. The van der Waals surface area contributed by atoms with Crippen LogP contribution in [0.1, 0.15) is 37.5 Å². The standard InChI is InChI=1S/C18H19N3.C2H6/c1-2-21-9-8-15-16(13-6-4-3-5-7-13)10-14(11-19)18(20)17(15)12-21;1-2/h3-7,10H,2,8-9,12,20H2,1H3;1-2H3. The van der Waals surface area contributed by atoms with Gasteiger partial charge in [0.1, 0.15) is 6.07 Å². The summed E-state index contributed by atoms with van der Waals surface area (Å²) in [4.78, 5) is 2.37. The lowest BCUT2D eigenvalue weighted by molar-refractivity contribution is 0.269. The van der Waals surface area contributed by atoms with Gasteiger partial charge in [0.15, 0.2) is 0 Å². The van der Waals surface area contributed by atoms with Crippen molar-refractivity contribution < 1.29 is 0 Å². The highest BCUT2D eigenvalue weighted by atomic mass is 15.1. The number of hydrogen-bond donors (Lipinski definition) is 1. The van der Waals surface area contributed by atoms with Crippen molar-refractivity contribution in [1.29, 1.82) is 5.26 Å². The van der Waals surface area contributed by atoms with Gasteiger partial charge in [0.2, 0.25) is 0 Å². The highest BCUT2D eigenvalue weighted by molar-refractivity contribution is 5.77. The lowest BCUT2D eigenvalue weighted by atomic mass is 9.87. The Bertz CT molecular complexity index is 699. The predicted molar refractivity (Wildman–Crippen MR) is 97.0 cm³/mol. The first-order valence-electron chi connectivity index (χ1n) is 8.36. The summed E-state index contributed by atoms with van der Waals surface area (Å²) in [6.45, 7) is 9.06. The van der Waals surface area contributed by atoms with Crippen LogP contribution in [0, 0.1) is 11.3 Å². The maximum atomic E-state index is 9.37. The number of fused-ring (bicyclic) bond motifs is 1. The molecule has 0 amide bonds. The largest absolute Gasteiger partial charge is 0.397 e. The summed E-state index contributed by atoms with van der Waals surface area (Å²) >= 11 is 0. The molecule has 1 heterocycles. The number of nitriles is 1. The van der Waals surface area contributed by atoms with Crippen LogP contribution in [0.3, 0.4) is 0 Å². The van der Waals surface area contributed by atoms with Crippen molar-refractivity contribution in [1.82, 2.24) is 4.90 Å². The monoisotopic (exact) mass is 307 g/mol. The second-order valence-corrected chi connectivity index (χ2v) is 5.44. The number of nitrogen functional groups attached to an aromatic ring is 1. The van der Waals surface area contributed by atoms with Gasteiger partial charge in [-0.3, -0.25) is 4.90 Å². The Kier molecular flexibility index (Phi) is 5.78. The van der Waals surface area contributed by atoms with Crippen LogP contribution in [0.4, 0.5) is 5.69 Å². The first-order valence-corrected chi connectivity index (χ1v) is 8.36. The Hall–Kier alpha value is -2.31. The topological polar surface area (TPSA) is 53.0 Å². The van der Waals surface area contributed by atoms with Gasteiger partial charge >= 0.3 is 0 Å². The quantitative estimate of drug-likeness (QED) is 0.845. The molecular weight excluding hydrogens is 282 g/mol. The molecule has 1 aliphatic rings. The molecule has 0 aliphatic carbocycles. The van der Waals surface area contributed by atoms with E-state index in [4.69, 9.17) is 5.73 Å². The van der Waals surface area contributed by atoms with E-state index in [-0.39, 0.29) is 0 Å². The van der Waals surface area contributed by atoms with Crippen LogP contribution >= 0.6 is 0 Å². The van der Waals surface area contributed by atoms with E-state index in [2.05, 4.69) is 30.0 Å². The van der Waals surface area contributed by atoms with Crippen molar-refractivity contribution in [3.63, 3.8) is 0 Å². The molecule has 3 rings (SSSR count). The molecule has 3 heteroatoms. The van der Waals surface area contributed by atoms with Gasteiger partial charge in [-0.1, -0.05) is 51.1 Å². The summed E-state index contributed by atoms with van der Waals surface area (Å²) < 4.78 is 0. The van der Waals surface area contributed by atoms with Crippen LogP contribution in [0.15, 0.2) is 36.4 Å². The molecule has 0 aromatic heterocycles. The van der Waals surface area contributed by atoms with Gasteiger partial charge in [0.05, 0.1) is 11.3 Å². The summed E-state index contributed by atoms with van der Waals surface area (Å²) in [5, 5.41) is 9.37. The third kappa shape index (κ3) is 3.38. The third-order valence-corrected chi connectivity index (χ3v) is 4.31. The van der Waals surface area contributed by atoms with Crippen molar-refractivity contribution in [2.45, 2.75) is 33.7 Å². The molecule has 2 N–H and O–H groups in total. The van der Waals surface area contributed by atoms with E-state index in [1.54, 1.807) is 0 Å². The van der Waals surface area contributed by atoms with Gasteiger partial charge in [-0.15, -0.1) is 0 Å². The Morgan fingerprint density at radius 2 is 1.87 bits per heavy atom. The minimum Gasteiger partial charge on any atom is -0.397 e. The zero-order valence-corrected chi connectivity index (χ0v) is 14.3. The molecule has 0 unspecified atom stereocenters. The minimum absolute atomic E-state index is 0.588. The van der Waals surface area contributed by atoms with Gasteiger partial charge < -0.3 is 5.73 Å². The Morgan fingerprint density at radius 3 is 2.48 bits per heavy atom. The number of nitrogens with two attached hydrogens (primary N) is 1. The number of benzene rings is 2. The SMILES string of the molecule is CC.CCN1CCc2c(-c3ccccc3)cc(C#N)c(N)c2C1. The lowest BCUT2D eigenvalue weighted by Crippen LogP contribution is -2.31. The van der Waals surface area contributed by atoms with Crippen molar-refractivity contribution in [2.75, 3.05) is 18.8 Å². The zero-order chi connectivity index (χ0) is 16.8. The molecule has 23 heavy (non-hydrogen) atoms. The van der Waals surface area contributed by atoms with E-state index in [0.717, 1.165) is 42.7 Å². The second kappa shape index (κ2) is 7.80. The predicted octanol–water partition coefficient (Wildman–Crippen LogP) is 4.21. The van der Waals surface area contributed by atoms with Gasteiger partial charge in [-0.25, -0.2) is 0 Å². The van der Waals surface area contributed by atoms with Crippen LogP contribution < -0.4 is 5.73 Å². The highest BCUT2D eigenvalue weighted by Crippen LogP contribution is 2.35. The van der Waals surface area contributed by atoms with Crippen molar-refractivity contribution >= 4 is 5.69 Å². The molecule has 0 radical (unpaired) electrons. The van der Waals surface area contributed by atoms with Crippen LogP contribution in [0.5, 0.6) is 0 Å². The average Bonchev–Trinajstić information content (AvgIpc) is 2.64. The van der Waals surface area contributed by atoms with Crippen LogP contribution in [-0.2, 0) is 13.0 Å². The van der Waals surface area contributed by atoms with Gasteiger partial charge in [-0.2, -0.15) is 5.26 Å². The van der Waals surface area contributed by atoms with Crippen LogP contribution in [0.25, 0.3) is 11.1 Å². The fourth-order valence-corrected chi connectivity index (χ4v) is 3.07. The van der Waals surface area contributed by atoms with Crippen molar-refractivity contribution in [3.05, 3.63) is 53.1 Å². The molecule has 120 valence electrons. The molecule has 0 atom stereocenters. The summed E-state index contributed by atoms with van der Waals surface area (Å²) in [5.74, 6) is 0. The fraction of sp³-hybridized carbons (Fsp3) is 0.350. The van der Waals surface area contributed by atoms with Crippen LogP contribution in [0.2, 0.25) is 0 Å². The normalized spacial score (nSPS) is 13.5. The molecule has 2 aromatic rings. The highest BCUT2D eigenvalue weighted by Gasteiger charge is 2.22. The smallest absolute Gasteiger partial charge is 0.101 e.